The van der Waals surface area contributed by atoms with Crippen LogP contribution < -0.4 is 14.4 Å². The molecule has 2 aromatic rings. The third-order valence-corrected chi connectivity index (χ3v) is 5.44. The summed E-state index contributed by atoms with van der Waals surface area (Å²) in [5.41, 5.74) is 2.22. The SMILES string of the molecule is COc1cc(/C=C2/C(=O)c3ccccc3N2C(C)=O)ccc1OCCN1CCOCC1. The summed E-state index contributed by atoms with van der Waals surface area (Å²) in [6, 6.07) is 12.6. The zero-order chi connectivity index (χ0) is 21.8. The highest BCUT2D eigenvalue weighted by molar-refractivity contribution is 6.26. The van der Waals surface area contributed by atoms with E-state index in [4.69, 9.17) is 14.2 Å². The highest BCUT2D eigenvalue weighted by atomic mass is 16.5. The molecule has 0 N–H and O–H groups in total. The lowest BCUT2D eigenvalue weighted by atomic mass is 10.1. The molecule has 162 valence electrons. The second kappa shape index (κ2) is 9.32. The molecule has 2 aliphatic heterocycles. The van der Waals surface area contributed by atoms with Crippen LogP contribution in [0.3, 0.4) is 0 Å². The molecule has 2 heterocycles. The maximum absolute atomic E-state index is 12.9. The van der Waals surface area contributed by atoms with Gasteiger partial charge in [-0.3, -0.25) is 19.4 Å². The molecule has 0 radical (unpaired) electrons. The lowest BCUT2D eigenvalue weighted by molar-refractivity contribution is -0.116. The molecule has 0 aliphatic carbocycles. The smallest absolute Gasteiger partial charge is 0.228 e. The number of hydrogen-bond donors (Lipinski definition) is 0. The van der Waals surface area contributed by atoms with Gasteiger partial charge in [0.1, 0.15) is 6.61 Å². The van der Waals surface area contributed by atoms with Crippen LogP contribution in [0.4, 0.5) is 5.69 Å². The highest BCUT2D eigenvalue weighted by Gasteiger charge is 2.34. The second-order valence-corrected chi connectivity index (χ2v) is 7.44. The van der Waals surface area contributed by atoms with Gasteiger partial charge in [-0.15, -0.1) is 0 Å². The van der Waals surface area contributed by atoms with Gasteiger partial charge < -0.3 is 14.2 Å². The summed E-state index contributed by atoms with van der Waals surface area (Å²) in [5.74, 6) is 0.839. The van der Waals surface area contributed by atoms with E-state index in [0.29, 0.717) is 35.1 Å². The summed E-state index contributed by atoms with van der Waals surface area (Å²) in [6.45, 7) is 6.15. The maximum Gasteiger partial charge on any atom is 0.228 e. The molecular weight excluding hydrogens is 396 g/mol. The van der Waals surface area contributed by atoms with Crippen LogP contribution in [-0.2, 0) is 9.53 Å². The Bertz CT molecular complexity index is 1010. The molecule has 31 heavy (non-hydrogen) atoms. The zero-order valence-corrected chi connectivity index (χ0v) is 17.8. The Balaban J connectivity index is 1.52. The number of anilines is 1. The third kappa shape index (κ3) is 4.47. The molecule has 0 saturated carbocycles. The van der Waals surface area contributed by atoms with E-state index in [1.807, 2.05) is 24.3 Å². The van der Waals surface area contributed by atoms with Gasteiger partial charge in [-0.05, 0) is 35.9 Å². The molecule has 1 saturated heterocycles. The number of para-hydroxylation sites is 1. The Morgan fingerprint density at radius 3 is 2.65 bits per heavy atom. The minimum atomic E-state index is -0.209. The molecule has 0 atom stereocenters. The summed E-state index contributed by atoms with van der Waals surface area (Å²) in [7, 11) is 1.58. The lowest BCUT2D eigenvalue weighted by Crippen LogP contribution is -2.38. The third-order valence-electron chi connectivity index (χ3n) is 5.44. The van der Waals surface area contributed by atoms with Crippen molar-refractivity contribution in [3.63, 3.8) is 0 Å². The molecule has 2 aromatic carbocycles. The molecule has 0 aromatic heterocycles. The topological polar surface area (TPSA) is 68.3 Å². The van der Waals surface area contributed by atoms with E-state index in [9.17, 15) is 9.59 Å². The predicted octanol–water partition coefficient (Wildman–Crippen LogP) is 3.00. The van der Waals surface area contributed by atoms with Gasteiger partial charge in [-0.25, -0.2) is 0 Å². The molecule has 0 bridgehead atoms. The summed E-state index contributed by atoms with van der Waals surface area (Å²) < 4.78 is 16.8. The Hall–Kier alpha value is -3.16. The molecule has 7 heteroatoms. The van der Waals surface area contributed by atoms with E-state index in [1.54, 1.807) is 31.4 Å². The number of methoxy groups -OCH3 is 1. The van der Waals surface area contributed by atoms with Crippen molar-refractivity contribution in [3.05, 3.63) is 59.3 Å². The number of ether oxygens (including phenoxy) is 3. The van der Waals surface area contributed by atoms with Gasteiger partial charge in [-0.1, -0.05) is 18.2 Å². The molecule has 0 spiro atoms. The predicted molar refractivity (Wildman–Crippen MR) is 118 cm³/mol. The van der Waals surface area contributed by atoms with E-state index >= 15 is 0 Å². The van der Waals surface area contributed by atoms with Crippen LogP contribution in [0.1, 0.15) is 22.8 Å². The first kappa shape index (κ1) is 21.1. The van der Waals surface area contributed by atoms with E-state index < -0.39 is 0 Å². The minimum absolute atomic E-state index is 0.171. The Morgan fingerprint density at radius 2 is 1.90 bits per heavy atom. The van der Waals surface area contributed by atoms with Crippen LogP contribution in [0, 0.1) is 0 Å². The Labute approximate surface area is 181 Å². The summed E-state index contributed by atoms with van der Waals surface area (Å²) in [4.78, 5) is 28.9. The van der Waals surface area contributed by atoms with Gasteiger partial charge in [0.25, 0.3) is 0 Å². The van der Waals surface area contributed by atoms with E-state index in [0.717, 1.165) is 38.4 Å². The van der Waals surface area contributed by atoms with Gasteiger partial charge in [0.15, 0.2) is 11.5 Å². The number of Topliss-reactive ketones (excluding diaryl/α,β-unsaturated/α-hetero) is 1. The van der Waals surface area contributed by atoms with Crippen molar-refractivity contribution in [1.82, 2.24) is 4.90 Å². The van der Waals surface area contributed by atoms with E-state index in [2.05, 4.69) is 4.90 Å². The zero-order valence-electron chi connectivity index (χ0n) is 17.8. The van der Waals surface area contributed by atoms with Crippen LogP contribution in [0.5, 0.6) is 11.5 Å². The fraction of sp³-hybridized carbons (Fsp3) is 0.333. The summed E-state index contributed by atoms with van der Waals surface area (Å²) in [6.07, 6.45) is 1.71. The number of carbonyl (C=O) groups excluding carboxylic acids is 2. The monoisotopic (exact) mass is 422 g/mol. The van der Waals surface area contributed by atoms with Crippen molar-refractivity contribution in [1.29, 1.82) is 0 Å². The van der Waals surface area contributed by atoms with Crippen molar-refractivity contribution >= 4 is 23.5 Å². The minimum Gasteiger partial charge on any atom is -0.493 e. The number of carbonyl (C=O) groups is 2. The average molecular weight is 422 g/mol. The maximum atomic E-state index is 12.9. The molecule has 4 rings (SSSR count). The molecule has 7 nitrogen and oxygen atoms in total. The van der Waals surface area contributed by atoms with Gasteiger partial charge in [-0.2, -0.15) is 0 Å². The van der Waals surface area contributed by atoms with Crippen LogP contribution in [0.25, 0.3) is 6.08 Å². The number of benzene rings is 2. The number of fused-ring (bicyclic) bond motifs is 1. The molecule has 1 amide bonds. The first-order valence-corrected chi connectivity index (χ1v) is 10.4. The molecular formula is C24H26N2O5. The first-order valence-electron chi connectivity index (χ1n) is 10.4. The van der Waals surface area contributed by atoms with E-state index in [1.165, 1.54) is 11.8 Å². The van der Waals surface area contributed by atoms with Gasteiger partial charge >= 0.3 is 0 Å². The number of rotatable bonds is 6. The number of nitrogens with zero attached hydrogens (tertiary/aromatic N) is 2. The number of allylic oxidation sites excluding steroid dienone is 1. The van der Waals surface area contributed by atoms with Crippen molar-refractivity contribution in [2.75, 3.05) is 51.5 Å². The Morgan fingerprint density at radius 1 is 1.13 bits per heavy atom. The van der Waals surface area contributed by atoms with E-state index in [-0.39, 0.29) is 11.7 Å². The van der Waals surface area contributed by atoms with Crippen LogP contribution in [-0.4, -0.2) is 63.2 Å². The summed E-state index contributed by atoms with van der Waals surface area (Å²) in [5, 5.41) is 0. The average Bonchev–Trinajstić information content (AvgIpc) is 3.07. The molecule has 0 unspecified atom stereocenters. The number of morpholine rings is 1. The fourth-order valence-electron chi connectivity index (χ4n) is 3.86. The molecule has 2 aliphatic rings. The van der Waals surface area contributed by atoms with Crippen molar-refractivity contribution in [3.8, 4) is 11.5 Å². The van der Waals surface area contributed by atoms with Crippen LogP contribution >= 0.6 is 0 Å². The molecule has 1 fully saturated rings. The summed E-state index contributed by atoms with van der Waals surface area (Å²) >= 11 is 0. The lowest BCUT2D eigenvalue weighted by Gasteiger charge is -2.26. The number of ketones is 1. The van der Waals surface area contributed by atoms with Crippen molar-refractivity contribution in [2.45, 2.75) is 6.92 Å². The van der Waals surface area contributed by atoms with Crippen LogP contribution in [0.15, 0.2) is 48.2 Å². The van der Waals surface area contributed by atoms with Gasteiger partial charge in [0, 0.05) is 32.1 Å². The first-order chi connectivity index (χ1) is 15.1. The van der Waals surface area contributed by atoms with Crippen LogP contribution in [0.2, 0.25) is 0 Å². The largest absolute Gasteiger partial charge is 0.493 e. The fourth-order valence-corrected chi connectivity index (χ4v) is 3.86. The quantitative estimate of drug-likeness (QED) is 0.667. The van der Waals surface area contributed by atoms with Gasteiger partial charge in [0.05, 0.1) is 31.7 Å². The highest BCUT2D eigenvalue weighted by Crippen LogP contribution is 2.36. The normalized spacial score (nSPS) is 17.7. The number of amides is 1. The number of hydrogen-bond acceptors (Lipinski definition) is 6. The van der Waals surface area contributed by atoms with Crippen molar-refractivity contribution < 1.29 is 23.8 Å². The standard InChI is InChI=1S/C24H26N2O5/c1-17(27)26-20-6-4-3-5-19(20)24(28)21(26)15-18-7-8-22(23(16-18)29-2)31-14-11-25-9-12-30-13-10-25/h3-8,15-16H,9-14H2,1-2H3/b21-15-. The van der Waals surface area contributed by atoms with Crippen molar-refractivity contribution in [2.24, 2.45) is 0 Å². The second-order valence-electron chi connectivity index (χ2n) is 7.44. The van der Waals surface area contributed by atoms with Gasteiger partial charge in [0.2, 0.25) is 11.7 Å². The Kier molecular flexibility index (Phi) is 6.34.